The van der Waals surface area contributed by atoms with Crippen molar-refractivity contribution in [2.75, 3.05) is 6.54 Å². The quantitative estimate of drug-likeness (QED) is 0.778. The summed E-state index contributed by atoms with van der Waals surface area (Å²) in [5.41, 5.74) is 5.65. The van der Waals surface area contributed by atoms with Gasteiger partial charge in [0.2, 0.25) is 0 Å². The molecule has 5 heteroatoms. The van der Waals surface area contributed by atoms with Crippen molar-refractivity contribution in [3.8, 4) is 5.75 Å². The molecule has 1 aliphatic rings. The topological polar surface area (TPSA) is 77.2 Å². The van der Waals surface area contributed by atoms with Gasteiger partial charge in [-0.3, -0.25) is 9.78 Å². The molecule has 1 aliphatic carbocycles. The Balaban J connectivity index is 1.84. The minimum Gasteiger partial charge on any atom is -0.479 e. The standard InChI is InChI=1S/C13H19N3O2/c1-9(18-11-3-2-6-15-8-11)13(17)16-12(7-14)10-4-5-10/h2-3,6,8-10,12H,4-5,7,14H2,1H3,(H,16,17). The molecule has 2 atom stereocenters. The van der Waals surface area contributed by atoms with Gasteiger partial charge in [0.1, 0.15) is 5.75 Å². The maximum Gasteiger partial charge on any atom is 0.261 e. The number of carbonyl (C=O) groups excluding carboxylic acids is 1. The number of pyridine rings is 1. The lowest BCUT2D eigenvalue weighted by Gasteiger charge is -2.20. The number of hydrogen-bond acceptors (Lipinski definition) is 4. The van der Waals surface area contributed by atoms with Crippen LogP contribution >= 0.6 is 0 Å². The van der Waals surface area contributed by atoms with Gasteiger partial charge in [-0.25, -0.2) is 0 Å². The van der Waals surface area contributed by atoms with Crippen LogP contribution < -0.4 is 15.8 Å². The van der Waals surface area contributed by atoms with E-state index in [1.165, 1.54) is 0 Å². The summed E-state index contributed by atoms with van der Waals surface area (Å²) in [5, 5.41) is 2.94. The molecule has 0 saturated heterocycles. The highest BCUT2D eigenvalue weighted by Crippen LogP contribution is 2.32. The first-order valence-electron chi connectivity index (χ1n) is 6.28. The molecular weight excluding hydrogens is 230 g/mol. The van der Waals surface area contributed by atoms with Crippen molar-refractivity contribution in [3.05, 3.63) is 24.5 Å². The minimum absolute atomic E-state index is 0.0810. The Morgan fingerprint density at radius 1 is 1.67 bits per heavy atom. The van der Waals surface area contributed by atoms with E-state index in [4.69, 9.17) is 10.5 Å². The number of carbonyl (C=O) groups is 1. The van der Waals surface area contributed by atoms with E-state index in [9.17, 15) is 4.79 Å². The van der Waals surface area contributed by atoms with E-state index in [2.05, 4.69) is 10.3 Å². The van der Waals surface area contributed by atoms with Crippen LogP contribution in [0.4, 0.5) is 0 Å². The predicted octanol–water partition coefficient (Wildman–Crippen LogP) is 0.702. The van der Waals surface area contributed by atoms with E-state index in [-0.39, 0.29) is 11.9 Å². The fourth-order valence-electron chi connectivity index (χ4n) is 1.84. The molecule has 0 spiro atoms. The highest BCUT2D eigenvalue weighted by atomic mass is 16.5. The van der Waals surface area contributed by atoms with Gasteiger partial charge in [-0.15, -0.1) is 0 Å². The van der Waals surface area contributed by atoms with Crippen molar-refractivity contribution in [2.24, 2.45) is 11.7 Å². The van der Waals surface area contributed by atoms with Gasteiger partial charge in [0, 0.05) is 18.8 Å². The summed E-state index contributed by atoms with van der Waals surface area (Å²) in [6.45, 7) is 2.21. The molecule has 1 amide bonds. The third kappa shape index (κ3) is 3.43. The first-order valence-corrected chi connectivity index (χ1v) is 6.28. The molecule has 1 aromatic heterocycles. The Bertz CT molecular complexity index is 392. The first-order chi connectivity index (χ1) is 8.70. The zero-order chi connectivity index (χ0) is 13.0. The number of nitrogens with two attached hydrogens (primary N) is 1. The van der Waals surface area contributed by atoms with Gasteiger partial charge in [-0.1, -0.05) is 0 Å². The third-order valence-electron chi connectivity index (χ3n) is 3.09. The van der Waals surface area contributed by atoms with E-state index < -0.39 is 6.10 Å². The molecular formula is C13H19N3O2. The van der Waals surface area contributed by atoms with Crippen LogP contribution in [-0.4, -0.2) is 29.6 Å². The molecule has 18 heavy (non-hydrogen) atoms. The number of hydrogen-bond donors (Lipinski definition) is 2. The Kier molecular flexibility index (Phi) is 4.15. The van der Waals surface area contributed by atoms with E-state index >= 15 is 0 Å². The molecule has 2 unspecified atom stereocenters. The molecule has 1 fully saturated rings. The van der Waals surface area contributed by atoms with Crippen molar-refractivity contribution < 1.29 is 9.53 Å². The summed E-state index contributed by atoms with van der Waals surface area (Å²) in [7, 11) is 0. The molecule has 0 aromatic carbocycles. The Labute approximate surface area is 107 Å². The predicted molar refractivity (Wildman–Crippen MR) is 68.0 cm³/mol. The summed E-state index contributed by atoms with van der Waals surface area (Å²) >= 11 is 0. The van der Waals surface area contributed by atoms with E-state index in [0.717, 1.165) is 12.8 Å². The summed E-state index contributed by atoms with van der Waals surface area (Å²) < 4.78 is 5.51. The lowest BCUT2D eigenvalue weighted by molar-refractivity contribution is -0.128. The monoisotopic (exact) mass is 249 g/mol. The van der Waals surface area contributed by atoms with E-state index in [1.54, 1.807) is 31.5 Å². The van der Waals surface area contributed by atoms with Crippen LogP contribution in [-0.2, 0) is 4.79 Å². The average molecular weight is 249 g/mol. The van der Waals surface area contributed by atoms with Crippen molar-refractivity contribution in [2.45, 2.75) is 31.9 Å². The second-order valence-corrected chi connectivity index (χ2v) is 4.64. The van der Waals surface area contributed by atoms with Crippen molar-refractivity contribution >= 4 is 5.91 Å². The van der Waals surface area contributed by atoms with Crippen molar-refractivity contribution in [1.82, 2.24) is 10.3 Å². The van der Waals surface area contributed by atoms with Gasteiger partial charge in [0.25, 0.3) is 5.91 Å². The van der Waals surface area contributed by atoms with Gasteiger partial charge >= 0.3 is 0 Å². The van der Waals surface area contributed by atoms with Gasteiger partial charge < -0.3 is 15.8 Å². The smallest absolute Gasteiger partial charge is 0.261 e. The summed E-state index contributed by atoms with van der Waals surface area (Å²) in [4.78, 5) is 15.9. The fraction of sp³-hybridized carbons (Fsp3) is 0.538. The van der Waals surface area contributed by atoms with E-state index in [1.807, 2.05) is 0 Å². The lowest BCUT2D eigenvalue weighted by Crippen LogP contribution is -2.46. The molecule has 0 radical (unpaired) electrons. The van der Waals surface area contributed by atoms with Crippen LogP contribution in [0.25, 0.3) is 0 Å². The second-order valence-electron chi connectivity index (χ2n) is 4.64. The number of rotatable bonds is 6. The molecule has 0 aliphatic heterocycles. The normalized spacial score (nSPS) is 17.9. The largest absolute Gasteiger partial charge is 0.479 e. The number of ether oxygens (including phenoxy) is 1. The highest BCUT2D eigenvalue weighted by Gasteiger charge is 2.32. The summed E-state index contributed by atoms with van der Waals surface area (Å²) in [6, 6.07) is 3.63. The van der Waals surface area contributed by atoms with Crippen LogP contribution in [0.1, 0.15) is 19.8 Å². The summed E-state index contributed by atoms with van der Waals surface area (Å²) in [5.74, 6) is 1.02. The minimum atomic E-state index is -0.540. The van der Waals surface area contributed by atoms with Crippen LogP contribution in [0.5, 0.6) is 5.75 Å². The van der Waals surface area contributed by atoms with Crippen LogP contribution in [0.15, 0.2) is 24.5 Å². The number of nitrogens with zero attached hydrogens (tertiary/aromatic N) is 1. The van der Waals surface area contributed by atoms with Crippen molar-refractivity contribution in [3.63, 3.8) is 0 Å². The molecule has 98 valence electrons. The van der Waals surface area contributed by atoms with Gasteiger partial charge in [-0.2, -0.15) is 0 Å². The highest BCUT2D eigenvalue weighted by molar-refractivity contribution is 5.81. The SMILES string of the molecule is CC(Oc1cccnc1)C(=O)NC(CN)C1CC1. The third-order valence-corrected chi connectivity index (χ3v) is 3.09. The van der Waals surface area contributed by atoms with Crippen LogP contribution in [0.2, 0.25) is 0 Å². The van der Waals surface area contributed by atoms with Gasteiger partial charge in [0.15, 0.2) is 6.10 Å². The molecule has 1 aromatic rings. The lowest BCUT2D eigenvalue weighted by atomic mass is 10.2. The van der Waals surface area contributed by atoms with Gasteiger partial charge in [0.05, 0.1) is 6.20 Å². The average Bonchev–Trinajstić information content (AvgIpc) is 3.21. The molecule has 0 bridgehead atoms. The maximum atomic E-state index is 11.9. The number of amides is 1. The summed E-state index contributed by atoms with van der Waals surface area (Å²) in [6.07, 6.45) is 5.02. The zero-order valence-corrected chi connectivity index (χ0v) is 10.5. The molecule has 2 rings (SSSR count). The zero-order valence-electron chi connectivity index (χ0n) is 10.5. The molecule has 5 nitrogen and oxygen atoms in total. The van der Waals surface area contributed by atoms with Gasteiger partial charge in [-0.05, 0) is 37.8 Å². The Morgan fingerprint density at radius 3 is 3.00 bits per heavy atom. The van der Waals surface area contributed by atoms with Crippen molar-refractivity contribution in [1.29, 1.82) is 0 Å². The van der Waals surface area contributed by atoms with Crippen LogP contribution in [0.3, 0.4) is 0 Å². The number of nitrogens with one attached hydrogen (secondary N) is 1. The second kappa shape index (κ2) is 5.82. The Morgan fingerprint density at radius 2 is 2.44 bits per heavy atom. The number of aromatic nitrogens is 1. The maximum absolute atomic E-state index is 11.9. The molecule has 1 saturated carbocycles. The van der Waals surface area contributed by atoms with Crippen LogP contribution in [0, 0.1) is 5.92 Å². The molecule has 3 N–H and O–H groups in total. The molecule has 1 heterocycles. The fourth-order valence-corrected chi connectivity index (χ4v) is 1.84. The Hall–Kier alpha value is -1.62. The van der Waals surface area contributed by atoms with E-state index in [0.29, 0.717) is 18.2 Å². The first kappa shape index (κ1) is 12.8.